The molecule has 1 atom stereocenters. The Kier molecular flexibility index (Phi) is 5.79. The van der Waals surface area contributed by atoms with E-state index < -0.39 is 12.1 Å². The third-order valence-corrected chi connectivity index (χ3v) is 2.74. The number of aliphatic hydroxyl groups excluding tert-OH is 1. The van der Waals surface area contributed by atoms with E-state index in [9.17, 15) is 9.59 Å². The van der Waals surface area contributed by atoms with Crippen LogP contribution in [0.3, 0.4) is 0 Å². The van der Waals surface area contributed by atoms with Crippen LogP contribution in [-0.2, 0) is 4.79 Å². The van der Waals surface area contributed by atoms with Crippen molar-refractivity contribution in [2.24, 2.45) is 0 Å². The maximum atomic E-state index is 11.8. The number of rotatable bonds is 6. The average molecular weight is 282 g/mol. The predicted octanol–water partition coefficient (Wildman–Crippen LogP) is 0.677. The number of carboxylic acids is 1. The number of urea groups is 1. The van der Waals surface area contributed by atoms with E-state index in [0.29, 0.717) is 11.4 Å². The van der Waals surface area contributed by atoms with Crippen LogP contribution in [0.1, 0.15) is 6.42 Å². The molecule has 0 radical (unpaired) electrons. The maximum absolute atomic E-state index is 11.8. The van der Waals surface area contributed by atoms with Crippen molar-refractivity contribution < 1.29 is 24.5 Å². The Balaban J connectivity index is 2.47. The van der Waals surface area contributed by atoms with Gasteiger partial charge in [-0.2, -0.15) is 0 Å². The molecule has 1 aromatic rings. The number of nitrogens with one attached hydrogen (secondary N) is 1. The summed E-state index contributed by atoms with van der Waals surface area (Å²) in [5.74, 6) is -0.616. The first-order valence-electron chi connectivity index (χ1n) is 6.02. The number of hydrogen-bond acceptors (Lipinski definition) is 4. The minimum atomic E-state index is -1.47. The number of nitrogens with zero attached hydrogens (tertiary/aromatic N) is 1. The van der Waals surface area contributed by atoms with Gasteiger partial charge in [-0.25, -0.2) is 9.59 Å². The fourth-order valence-corrected chi connectivity index (χ4v) is 1.48. The molecule has 2 amide bonds. The van der Waals surface area contributed by atoms with E-state index in [-0.39, 0.29) is 19.0 Å². The Morgan fingerprint density at radius 3 is 2.45 bits per heavy atom. The van der Waals surface area contributed by atoms with Crippen molar-refractivity contribution in [1.29, 1.82) is 0 Å². The molecule has 1 rings (SSSR count). The number of aliphatic carboxylic acids is 1. The van der Waals surface area contributed by atoms with Gasteiger partial charge in [-0.05, 0) is 24.3 Å². The topological polar surface area (TPSA) is 99.1 Å². The summed E-state index contributed by atoms with van der Waals surface area (Å²) < 4.78 is 5.02. The minimum Gasteiger partial charge on any atom is -0.497 e. The summed E-state index contributed by atoms with van der Waals surface area (Å²) in [4.78, 5) is 23.6. The van der Waals surface area contributed by atoms with Crippen molar-refractivity contribution in [2.45, 2.75) is 12.5 Å². The van der Waals surface area contributed by atoms with E-state index in [1.54, 1.807) is 38.4 Å². The van der Waals surface area contributed by atoms with Crippen molar-refractivity contribution in [3.63, 3.8) is 0 Å². The Labute approximate surface area is 116 Å². The molecule has 110 valence electrons. The van der Waals surface area contributed by atoms with E-state index in [1.807, 2.05) is 0 Å². The summed E-state index contributed by atoms with van der Waals surface area (Å²) in [6, 6.07) is 6.53. The number of carboxylic acid groups (broad SMARTS) is 1. The Morgan fingerprint density at radius 1 is 1.35 bits per heavy atom. The molecule has 0 aliphatic heterocycles. The second-order valence-electron chi connectivity index (χ2n) is 4.13. The van der Waals surface area contributed by atoms with Gasteiger partial charge in [0.25, 0.3) is 0 Å². The van der Waals surface area contributed by atoms with E-state index in [0.717, 1.165) is 0 Å². The summed E-state index contributed by atoms with van der Waals surface area (Å²) in [7, 11) is 3.14. The fraction of sp³-hybridized carbons (Fsp3) is 0.385. The number of carbonyl (C=O) groups is 2. The smallest absolute Gasteiger partial charge is 0.332 e. The van der Waals surface area contributed by atoms with Gasteiger partial charge in [0.1, 0.15) is 5.75 Å². The monoisotopic (exact) mass is 282 g/mol. The van der Waals surface area contributed by atoms with Crippen molar-refractivity contribution in [1.82, 2.24) is 5.32 Å². The number of hydrogen-bond donors (Lipinski definition) is 3. The van der Waals surface area contributed by atoms with Gasteiger partial charge in [0.05, 0.1) is 7.11 Å². The van der Waals surface area contributed by atoms with Crippen LogP contribution in [0.5, 0.6) is 5.75 Å². The van der Waals surface area contributed by atoms with Gasteiger partial charge in [-0.1, -0.05) is 0 Å². The number of amides is 2. The number of benzene rings is 1. The normalized spacial score (nSPS) is 11.6. The Morgan fingerprint density at radius 2 is 1.95 bits per heavy atom. The average Bonchev–Trinajstić information content (AvgIpc) is 2.46. The SMILES string of the molecule is COc1ccc(N(C)C(=O)NCCC(O)C(=O)O)cc1. The number of ether oxygens (including phenoxy) is 1. The number of aliphatic hydroxyl groups is 1. The van der Waals surface area contributed by atoms with Gasteiger partial charge in [-0.3, -0.25) is 4.90 Å². The predicted molar refractivity (Wildman–Crippen MR) is 73.1 cm³/mol. The van der Waals surface area contributed by atoms with Crippen molar-refractivity contribution in [2.75, 3.05) is 25.6 Å². The van der Waals surface area contributed by atoms with Crippen LogP contribution in [0.15, 0.2) is 24.3 Å². The van der Waals surface area contributed by atoms with E-state index in [4.69, 9.17) is 14.9 Å². The lowest BCUT2D eigenvalue weighted by molar-refractivity contribution is -0.146. The van der Waals surface area contributed by atoms with Gasteiger partial charge < -0.3 is 20.3 Å². The zero-order valence-electron chi connectivity index (χ0n) is 11.4. The van der Waals surface area contributed by atoms with Crippen LogP contribution in [0, 0.1) is 0 Å². The summed E-state index contributed by atoms with van der Waals surface area (Å²) >= 11 is 0. The van der Waals surface area contributed by atoms with Gasteiger partial charge in [0, 0.05) is 25.7 Å². The van der Waals surface area contributed by atoms with Crippen LogP contribution < -0.4 is 15.0 Å². The molecule has 0 aromatic heterocycles. The molecule has 0 heterocycles. The van der Waals surface area contributed by atoms with Crippen LogP contribution in [0.4, 0.5) is 10.5 Å². The molecule has 0 bridgehead atoms. The number of anilines is 1. The Bertz CT molecular complexity index is 460. The summed E-state index contributed by atoms with van der Waals surface area (Å²) in [6.45, 7) is 0.0762. The third-order valence-electron chi connectivity index (χ3n) is 2.74. The van der Waals surface area contributed by atoms with Crippen LogP contribution in [-0.4, -0.2) is 49.0 Å². The van der Waals surface area contributed by atoms with Gasteiger partial charge in [0.15, 0.2) is 6.10 Å². The molecule has 0 aliphatic rings. The molecular weight excluding hydrogens is 264 g/mol. The first kappa shape index (κ1) is 15.8. The second-order valence-corrected chi connectivity index (χ2v) is 4.13. The quantitative estimate of drug-likeness (QED) is 0.712. The van der Waals surface area contributed by atoms with Crippen molar-refractivity contribution in [3.05, 3.63) is 24.3 Å². The zero-order chi connectivity index (χ0) is 15.1. The first-order chi connectivity index (χ1) is 9.45. The first-order valence-corrected chi connectivity index (χ1v) is 6.02. The molecule has 0 aliphatic carbocycles. The number of methoxy groups -OCH3 is 1. The molecule has 20 heavy (non-hydrogen) atoms. The van der Waals surface area contributed by atoms with Gasteiger partial charge in [-0.15, -0.1) is 0 Å². The van der Waals surface area contributed by atoms with Gasteiger partial charge in [0.2, 0.25) is 0 Å². The fourth-order valence-electron chi connectivity index (χ4n) is 1.48. The summed E-state index contributed by atoms with van der Waals surface area (Å²) in [6.07, 6.45) is -1.51. The molecule has 0 spiro atoms. The maximum Gasteiger partial charge on any atom is 0.332 e. The molecular formula is C13H18N2O5. The molecule has 0 saturated heterocycles. The summed E-state index contributed by atoms with van der Waals surface area (Å²) in [5.41, 5.74) is 0.669. The van der Waals surface area contributed by atoms with Crippen LogP contribution in [0.25, 0.3) is 0 Å². The highest BCUT2D eigenvalue weighted by molar-refractivity contribution is 5.91. The van der Waals surface area contributed by atoms with E-state index in [1.165, 1.54) is 4.90 Å². The lowest BCUT2D eigenvalue weighted by Gasteiger charge is -2.18. The second kappa shape index (κ2) is 7.34. The van der Waals surface area contributed by atoms with Gasteiger partial charge >= 0.3 is 12.0 Å². The molecule has 1 unspecified atom stereocenters. The zero-order valence-corrected chi connectivity index (χ0v) is 11.4. The van der Waals surface area contributed by atoms with Crippen molar-refractivity contribution >= 4 is 17.7 Å². The van der Waals surface area contributed by atoms with E-state index in [2.05, 4.69) is 5.32 Å². The summed E-state index contributed by atoms with van der Waals surface area (Å²) in [5, 5.41) is 20.1. The Hall–Kier alpha value is -2.28. The molecule has 0 saturated carbocycles. The highest BCUT2D eigenvalue weighted by Gasteiger charge is 2.14. The highest BCUT2D eigenvalue weighted by atomic mass is 16.5. The molecule has 1 aromatic carbocycles. The lowest BCUT2D eigenvalue weighted by atomic mass is 10.2. The molecule has 0 fully saturated rings. The largest absolute Gasteiger partial charge is 0.497 e. The van der Waals surface area contributed by atoms with E-state index >= 15 is 0 Å². The highest BCUT2D eigenvalue weighted by Crippen LogP contribution is 2.17. The van der Waals surface area contributed by atoms with Crippen molar-refractivity contribution in [3.8, 4) is 5.75 Å². The molecule has 7 heteroatoms. The minimum absolute atomic E-state index is 0.0441. The molecule has 3 N–H and O–H groups in total. The van der Waals surface area contributed by atoms with Crippen LogP contribution in [0.2, 0.25) is 0 Å². The van der Waals surface area contributed by atoms with Crippen LogP contribution >= 0.6 is 0 Å². The lowest BCUT2D eigenvalue weighted by Crippen LogP contribution is -2.39. The molecule has 7 nitrogen and oxygen atoms in total. The standard InChI is InChI=1S/C13H18N2O5/c1-15(9-3-5-10(20-2)6-4-9)13(19)14-8-7-11(16)12(17)18/h3-6,11,16H,7-8H2,1-2H3,(H,14,19)(H,17,18). The third kappa shape index (κ3) is 4.43. The number of carbonyl (C=O) groups excluding carboxylic acids is 1.